The zero-order chi connectivity index (χ0) is 9.97. The van der Waals surface area contributed by atoms with Crippen molar-refractivity contribution in [1.29, 1.82) is 0 Å². The number of rotatable bonds is 1. The lowest BCUT2D eigenvalue weighted by Crippen LogP contribution is -1.79. The van der Waals surface area contributed by atoms with Crippen LogP contribution in [-0.2, 0) is 0 Å². The summed E-state index contributed by atoms with van der Waals surface area (Å²) in [4.78, 5) is 0. The Morgan fingerprint density at radius 3 is 2.43 bits per heavy atom. The second-order valence-corrected chi connectivity index (χ2v) is 3.72. The molecule has 69 valence electrons. The number of halogens is 2. The Morgan fingerprint density at radius 1 is 1.00 bits per heavy atom. The largest absolute Gasteiger partial charge is 0.0836 e. The third kappa shape index (κ3) is 1.92. The summed E-state index contributed by atoms with van der Waals surface area (Å²) in [7, 11) is 0. The molecule has 0 unspecified atom stereocenters. The normalized spacial score (nSPS) is 10.1. The highest BCUT2D eigenvalue weighted by Crippen LogP contribution is 2.29. The van der Waals surface area contributed by atoms with Crippen LogP contribution >= 0.6 is 23.2 Å². The summed E-state index contributed by atoms with van der Waals surface area (Å²) in [5.74, 6) is 0. The minimum absolute atomic E-state index is 0.577. The monoisotopic (exact) mass is 221 g/mol. The van der Waals surface area contributed by atoms with E-state index in [4.69, 9.17) is 23.2 Å². The van der Waals surface area contributed by atoms with Gasteiger partial charge in [-0.2, -0.15) is 0 Å². The predicted molar refractivity (Wildman–Crippen MR) is 60.7 cm³/mol. The first-order valence-corrected chi connectivity index (χ1v) is 4.95. The van der Waals surface area contributed by atoms with E-state index in [1.165, 1.54) is 0 Å². The van der Waals surface area contributed by atoms with Crippen molar-refractivity contribution in [3.8, 4) is 11.1 Å². The van der Waals surface area contributed by atoms with Gasteiger partial charge in [-0.05, 0) is 17.7 Å². The number of hydrogen-bond acceptors (Lipinski definition) is 0. The first-order chi connectivity index (χ1) is 6.77. The predicted octanol–water partition coefficient (Wildman–Crippen LogP) is 4.46. The Kier molecular flexibility index (Phi) is 2.76. The molecule has 0 nitrogen and oxygen atoms in total. The molecule has 0 aliphatic rings. The average Bonchev–Trinajstić information content (AvgIpc) is 2.23. The maximum Gasteiger partial charge on any atom is 0.0492 e. The zero-order valence-corrected chi connectivity index (χ0v) is 8.81. The third-order valence-electron chi connectivity index (χ3n) is 1.95. The zero-order valence-electron chi connectivity index (χ0n) is 7.30. The van der Waals surface area contributed by atoms with Gasteiger partial charge in [-0.25, -0.2) is 0 Å². The summed E-state index contributed by atoms with van der Waals surface area (Å²) >= 11 is 11.9. The SMILES string of the molecule is Clc1[c]cc(Cl)c(-c2ccccc2)c1. The average molecular weight is 222 g/mol. The Balaban J connectivity index is 2.57. The maximum absolute atomic E-state index is 6.04. The van der Waals surface area contributed by atoms with Gasteiger partial charge < -0.3 is 0 Å². The molecule has 0 atom stereocenters. The van der Waals surface area contributed by atoms with Crippen molar-refractivity contribution < 1.29 is 0 Å². The Labute approximate surface area is 93.1 Å². The fraction of sp³-hybridized carbons (Fsp3) is 0. The van der Waals surface area contributed by atoms with Crippen LogP contribution in [-0.4, -0.2) is 0 Å². The van der Waals surface area contributed by atoms with Crippen molar-refractivity contribution in [2.75, 3.05) is 0 Å². The van der Waals surface area contributed by atoms with Gasteiger partial charge in [0.25, 0.3) is 0 Å². The molecular weight excluding hydrogens is 215 g/mol. The van der Waals surface area contributed by atoms with Crippen LogP contribution in [0.4, 0.5) is 0 Å². The van der Waals surface area contributed by atoms with Gasteiger partial charge in [0.2, 0.25) is 0 Å². The third-order valence-corrected chi connectivity index (χ3v) is 2.48. The van der Waals surface area contributed by atoms with Gasteiger partial charge in [0, 0.05) is 21.7 Å². The van der Waals surface area contributed by atoms with Crippen molar-refractivity contribution in [2.45, 2.75) is 0 Å². The van der Waals surface area contributed by atoms with Crippen molar-refractivity contribution in [1.82, 2.24) is 0 Å². The summed E-state index contributed by atoms with van der Waals surface area (Å²) in [6.45, 7) is 0. The van der Waals surface area contributed by atoms with Crippen LogP contribution in [0.25, 0.3) is 11.1 Å². The van der Waals surface area contributed by atoms with Gasteiger partial charge in [-0.3, -0.25) is 0 Å². The molecule has 2 aromatic rings. The summed E-state index contributed by atoms with van der Waals surface area (Å²) in [6.07, 6.45) is 0. The molecule has 2 rings (SSSR count). The van der Waals surface area contributed by atoms with Crippen LogP contribution in [0.1, 0.15) is 0 Å². The van der Waals surface area contributed by atoms with Crippen LogP contribution in [0.3, 0.4) is 0 Å². The van der Waals surface area contributed by atoms with Crippen LogP contribution in [0, 0.1) is 6.07 Å². The van der Waals surface area contributed by atoms with Crippen LogP contribution in [0.5, 0.6) is 0 Å². The Hall–Kier alpha value is -0.980. The van der Waals surface area contributed by atoms with Crippen LogP contribution in [0.15, 0.2) is 42.5 Å². The quantitative estimate of drug-likeness (QED) is 0.668. The van der Waals surface area contributed by atoms with Crippen molar-refractivity contribution in [3.63, 3.8) is 0 Å². The second kappa shape index (κ2) is 4.04. The lowest BCUT2D eigenvalue weighted by molar-refractivity contribution is 1.61. The Morgan fingerprint density at radius 2 is 1.71 bits per heavy atom. The first kappa shape index (κ1) is 9.57. The first-order valence-electron chi connectivity index (χ1n) is 4.19. The summed E-state index contributed by atoms with van der Waals surface area (Å²) in [6, 6.07) is 16.2. The molecule has 0 fully saturated rings. The van der Waals surface area contributed by atoms with Gasteiger partial charge >= 0.3 is 0 Å². The van der Waals surface area contributed by atoms with E-state index in [-0.39, 0.29) is 0 Å². The lowest BCUT2D eigenvalue weighted by atomic mass is 10.1. The molecule has 0 amide bonds. The van der Waals surface area contributed by atoms with E-state index in [2.05, 4.69) is 6.07 Å². The fourth-order valence-corrected chi connectivity index (χ4v) is 1.67. The van der Waals surface area contributed by atoms with E-state index in [1.807, 2.05) is 36.4 Å². The molecule has 1 radical (unpaired) electrons. The van der Waals surface area contributed by atoms with Crippen LogP contribution in [0.2, 0.25) is 10.0 Å². The van der Waals surface area contributed by atoms with Crippen molar-refractivity contribution in [3.05, 3.63) is 58.6 Å². The molecule has 2 heteroatoms. The fourth-order valence-electron chi connectivity index (χ4n) is 1.29. The second-order valence-electron chi connectivity index (χ2n) is 2.91. The minimum atomic E-state index is 0.577. The highest BCUT2D eigenvalue weighted by molar-refractivity contribution is 6.35. The summed E-state index contributed by atoms with van der Waals surface area (Å²) < 4.78 is 0. The van der Waals surface area contributed by atoms with E-state index in [0.717, 1.165) is 11.1 Å². The van der Waals surface area contributed by atoms with E-state index in [0.29, 0.717) is 10.0 Å². The minimum Gasteiger partial charge on any atom is -0.0836 e. The van der Waals surface area contributed by atoms with Gasteiger partial charge in [0.15, 0.2) is 0 Å². The molecule has 14 heavy (non-hydrogen) atoms. The highest BCUT2D eigenvalue weighted by Gasteiger charge is 2.03. The summed E-state index contributed by atoms with van der Waals surface area (Å²) in [5, 5.41) is 1.24. The van der Waals surface area contributed by atoms with E-state index < -0.39 is 0 Å². The van der Waals surface area contributed by atoms with Crippen molar-refractivity contribution in [2.24, 2.45) is 0 Å². The maximum atomic E-state index is 6.04. The number of hydrogen-bond donors (Lipinski definition) is 0. The van der Waals surface area contributed by atoms with Gasteiger partial charge in [-0.1, -0.05) is 53.5 Å². The molecule has 0 N–H and O–H groups in total. The molecule has 0 aromatic heterocycles. The van der Waals surface area contributed by atoms with Gasteiger partial charge in [0.1, 0.15) is 0 Å². The number of benzene rings is 2. The molecule has 0 aliphatic carbocycles. The van der Waals surface area contributed by atoms with Gasteiger partial charge in [0.05, 0.1) is 0 Å². The molecule has 0 saturated carbocycles. The highest BCUT2D eigenvalue weighted by atomic mass is 35.5. The van der Waals surface area contributed by atoms with E-state index >= 15 is 0 Å². The van der Waals surface area contributed by atoms with E-state index in [9.17, 15) is 0 Å². The van der Waals surface area contributed by atoms with Crippen LogP contribution < -0.4 is 0 Å². The molecule has 2 aromatic carbocycles. The molecule has 0 saturated heterocycles. The smallest absolute Gasteiger partial charge is 0.0492 e. The molecule has 0 spiro atoms. The Bertz CT molecular complexity index is 435. The molecule has 0 bridgehead atoms. The molecule has 0 heterocycles. The lowest BCUT2D eigenvalue weighted by Gasteiger charge is -2.03. The van der Waals surface area contributed by atoms with Gasteiger partial charge in [-0.15, -0.1) is 0 Å². The standard InChI is InChI=1S/C12H7Cl2/c13-10-6-7-12(14)11(8-10)9-4-2-1-3-5-9/h1-5,7-8H. The molecule has 0 aliphatic heterocycles. The summed E-state index contributed by atoms with van der Waals surface area (Å²) in [5.41, 5.74) is 2.00. The van der Waals surface area contributed by atoms with Crippen molar-refractivity contribution >= 4 is 23.2 Å². The topological polar surface area (TPSA) is 0 Å². The van der Waals surface area contributed by atoms with E-state index in [1.54, 1.807) is 6.07 Å². The molecular formula is C12H7Cl2.